The van der Waals surface area contributed by atoms with E-state index in [1.165, 1.54) is 6.92 Å². The fourth-order valence-corrected chi connectivity index (χ4v) is 2.07. The predicted molar refractivity (Wildman–Crippen MR) is 88.0 cm³/mol. The minimum Gasteiger partial charge on any atom is -0.481 e. The number of rotatable bonds is 4. The maximum Gasteiger partial charge on any atom is 0.279 e. The molecule has 0 aliphatic heterocycles. The summed E-state index contributed by atoms with van der Waals surface area (Å²) in [5, 5.41) is 0. The van der Waals surface area contributed by atoms with Crippen LogP contribution in [0.25, 0.3) is 0 Å². The molecule has 0 fully saturated rings. The van der Waals surface area contributed by atoms with Crippen molar-refractivity contribution in [1.82, 2.24) is 10.9 Å². The summed E-state index contributed by atoms with van der Waals surface area (Å²) >= 11 is 0. The first-order chi connectivity index (χ1) is 11.8. The fourth-order valence-electron chi connectivity index (χ4n) is 2.07. The topological polar surface area (TPSA) is 67.4 Å². The van der Waals surface area contributed by atoms with Crippen LogP contribution < -0.4 is 15.6 Å². The van der Waals surface area contributed by atoms with E-state index in [1.54, 1.807) is 6.07 Å². The van der Waals surface area contributed by atoms with Crippen LogP contribution in [0.1, 0.15) is 28.4 Å². The summed E-state index contributed by atoms with van der Waals surface area (Å²) in [5.74, 6) is -2.66. The van der Waals surface area contributed by atoms with Gasteiger partial charge in [0.15, 0.2) is 6.10 Å². The van der Waals surface area contributed by atoms with E-state index in [4.69, 9.17) is 4.74 Å². The highest BCUT2D eigenvalue weighted by Gasteiger charge is 2.17. The van der Waals surface area contributed by atoms with Gasteiger partial charge in [0, 0.05) is 11.6 Å². The van der Waals surface area contributed by atoms with Crippen LogP contribution in [-0.4, -0.2) is 17.9 Å². The van der Waals surface area contributed by atoms with Gasteiger partial charge in [0.2, 0.25) is 0 Å². The number of ether oxygens (including phenoxy) is 1. The highest BCUT2D eigenvalue weighted by Crippen LogP contribution is 2.21. The van der Waals surface area contributed by atoms with Gasteiger partial charge in [-0.3, -0.25) is 20.4 Å². The van der Waals surface area contributed by atoms with Gasteiger partial charge in [-0.15, -0.1) is 0 Å². The fraction of sp³-hybridized carbons (Fsp3) is 0.222. The first kappa shape index (κ1) is 18.4. The Labute approximate surface area is 144 Å². The molecule has 0 unspecified atom stereocenters. The molecule has 132 valence electrons. The third-order valence-electron chi connectivity index (χ3n) is 3.65. The van der Waals surface area contributed by atoms with Crippen LogP contribution in [0, 0.1) is 25.5 Å². The molecular formula is C18H18F2N2O3. The molecule has 0 spiro atoms. The minimum atomic E-state index is -0.886. The van der Waals surface area contributed by atoms with Crippen LogP contribution in [0.5, 0.6) is 5.75 Å². The number of hydrazine groups is 1. The number of carbonyl (C=O) groups excluding carboxylic acids is 2. The zero-order valence-electron chi connectivity index (χ0n) is 14.0. The third-order valence-corrected chi connectivity index (χ3v) is 3.65. The lowest BCUT2D eigenvalue weighted by atomic mass is 10.1. The van der Waals surface area contributed by atoms with Crippen molar-refractivity contribution in [2.75, 3.05) is 0 Å². The van der Waals surface area contributed by atoms with Crippen LogP contribution in [-0.2, 0) is 4.79 Å². The largest absolute Gasteiger partial charge is 0.481 e. The third kappa shape index (κ3) is 4.76. The zero-order chi connectivity index (χ0) is 18.6. The molecule has 2 rings (SSSR count). The van der Waals surface area contributed by atoms with Gasteiger partial charge >= 0.3 is 0 Å². The number of amides is 2. The number of hydrogen-bond acceptors (Lipinski definition) is 3. The molecule has 2 amide bonds. The summed E-state index contributed by atoms with van der Waals surface area (Å²) in [4.78, 5) is 23.8. The van der Waals surface area contributed by atoms with Gasteiger partial charge in [-0.2, -0.15) is 0 Å². The smallest absolute Gasteiger partial charge is 0.279 e. The Hall–Kier alpha value is -2.96. The highest BCUT2D eigenvalue weighted by molar-refractivity contribution is 5.95. The van der Waals surface area contributed by atoms with Crippen molar-refractivity contribution in [2.45, 2.75) is 26.9 Å². The van der Waals surface area contributed by atoms with Crippen molar-refractivity contribution in [2.24, 2.45) is 0 Å². The molecule has 1 atom stereocenters. The summed E-state index contributed by atoms with van der Waals surface area (Å²) < 4.78 is 31.8. The standard InChI is InChI=1S/C18H18F2N2O3/c1-10-5-4-6-16(11(10)2)25-12(3)17(23)21-22-18(24)13-7-14(19)9-15(20)8-13/h4-9,12H,1-3H3,(H,21,23)(H,22,24)/t12-/m0/s1. The summed E-state index contributed by atoms with van der Waals surface area (Å²) in [5.41, 5.74) is 5.93. The SMILES string of the molecule is Cc1cccc(O[C@@H](C)C(=O)NNC(=O)c2cc(F)cc(F)c2)c1C. The number of halogens is 2. The molecule has 0 aliphatic carbocycles. The summed E-state index contributed by atoms with van der Waals surface area (Å²) in [6, 6.07) is 7.84. The number of carbonyl (C=O) groups is 2. The number of nitrogens with one attached hydrogen (secondary N) is 2. The average Bonchev–Trinajstić information content (AvgIpc) is 2.55. The predicted octanol–water partition coefficient (Wildman–Crippen LogP) is 2.81. The first-order valence-electron chi connectivity index (χ1n) is 7.57. The molecule has 0 saturated heterocycles. The van der Waals surface area contributed by atoms with E-state index in [0.717, 1.165) is 23.3 Å². The van der Waals surface area contributed by atoms with Gasteiger partial charge < -0.3 is 4.74 Å². The first-order valence-corrected chi connectivity index (χ1v) is 7.57. The summed E-state index contributed by atoms with van der Waals surface area (Å²) in [7, 11) is 0. The van der Waals surface area contributed by atoms with E-state index in [-0.39, 0.29) is 5.56 Å². The van der Waals surface area contributed by atoms with Gasteiger partial charge in [-0.25, -0.2) is 8.78 Å². The maximum absolute atomic E-state index is 13.1. The Bertz CT molecular complexity index is 789. The van der Waals surface area contributed by atoms with Crippen LogP contribution in [0.4, 0.5) is 8.78 Å². The van der Waals surface area contributed by atoms with Gasteiger partial charge in [-0.1, -0.05) is 12.1 Å². The zero-order valence-corrected chi connectivity index (χ0v) is 14.0. The molecule has 7 heteroatoms. The number of benzene rings is 2. The molecule has 0 saturated carbocycles. The average molecular weight is 348 g/mol. The summed E-state index contributed by atoms with van der Waals surface area (Å²) in [6.45, 7) is 5.31. The molecule has 0 bridgehead atoms. The van der Waals surface area contributed by atoms with Crippen LogP contribution in [0.3, 0.4) is 0 Å². The van der Waals surface area contributed by atoms with Crippen molar-refractivity contribution < 1.29 is 23.1 Å². The number of aryl methyl sites for hydroxylation is 1. The van der Waals surface area contributed by atoms with Crippen molar-refractivity contribution in [1.29, 1.82) is 0 Å². The molecule has 5 nitrogen and oxygen atoms in total. The molecular weight excluding hydrogens is 330 g/mol. The van der Waals surface area contributed by atoms with Crippen LogP contribution in [0.15, 0.2) is 36.4 Å². The molecule has 2 aromatic rings. The Balaban J connectivity index is 1.95. The van der Waals surface area contributed by atoms with Crippen molar-refractivity contribution in [3.05, 3.63) is 64.7 Å². The van der Waals surface area contributed by atoms with E-state index in [0.29, 0.717) is 11.8 Å². The second kappa shape index (κ2) is 7.74. The Kier molecular flexibility index (Phi) is 5.69. The monoisotopic (exact) mass is 348 g/mol. The molecule has 0 heterocycles. The second-order valence-electron chi connectivity index (χ2n) is 5.56. The molecule has 2 aromatic carbocycles. The van der Waals surface area contributed by atoms with Gasteiger partial charge in [0.25, 0.3) is 11.8 Å². The van der Waals surface area contributed by atoms with Gasteiger partial charge in [0.05, 0.1) is 0 Å². The highest BCUT2D eigenvalue weighted by atomic mass is 19.1. The molecule has 2 N–H and O–H groups in total. The van der Waals surface area contributed by atoms with Crippen molar-refractivity contribution in [3.63, 3.8) is 0 Å². The lowest BCUT2D eigenvalue weighted by Gasteiger charge is -2.17. The molecule has 25 heavy (non-hydrogen) atoms. The van der Waals surface area contributed by atoms with Gasteiger partial charge in [-0.05, 0) is 50.1 Å². The Morgan fingerprint density at radius 1 is 1.04 bits per heavy atom. The van der Waals surface area contributed by atoms with E-state index in [9.17, 15) is 18.4 Å². The van der Waals surface area contributed by atoms with E-state index >= 15 is 0 Å². The second-order valence-corrected chi connectivity index (χ2v) is 5.56. The van der Waals surface area contributed by atoms with Crippen LogP contribution in [0.2, 0.25) is 0 Å². The normalized spacial score (nSPS) is 11.6. The van der Waals surface area contributed by atoms with E-state index in [2.05, 4.69) is 10.9 Å². The summed E-state index contributed by atoms with van der Waals surface area (Å²) in [6.07, 6.45) is -0.884. The lowest BCUT2D eigenvalue weighted by molar-refractivity contribution is -0.128. The van der Waals surface area contributed by atoms with E-state index < -0.39 is 29.6 Å². The van der Waals surface area contributed by atoms with Crippen LogP contribution >= 0.6 is 0 Å². The van der Waals surface area contributed by atoms with E-state index in [1.807, 2.05) is 26.0 Å². The minimum absolute atomic E-state index is 0.249. The van der Waals surface area contributed by atoms with Crippen molar-refractivity contribution in [3.8, 4) is 5.75 Å². The maximum atomic E-state index is 13.1. The molecule has 0 aliphatic rings. The molecule has 0 aromatic heterocycles. The Morgan fingerprint density at radius 3 is 2.32 bits per heavy atom. The Morgan fingerprint density at radius 2 is 1.68 bits per heavy atom. The quantitative estimate of drug-likeness (QED) is 0.835. The number of hydrogen-bond donors (Lipinski definition) is 2. The van der Waals surface area contributed by atoms with Gasteiger partial charge in [0.1, 0.15) is 17.4 Å². The molecule has 0 radical (unpaired) electrons. The van der Waals surface area contributed by atoms with Crippen molar-refractivity contribution >= 4 is 11.8 Å². The lowest BCUT2D eigenvalue weighted by Crippen LogP contribution is -2.47.